The monoisotopic (exact) mass is 1130 g/mol. The first-order chi connectivity index (χ1) is 40.5. The fourth-order valence-corrected chi connectivity index (χ4v) is 9.26. The van der Waals surface area contributed by atoms with Crippen LogP contribution in [0.1, 0.15) is 310 Å². The first kappa shape index (κ1) is 77.5. The van der Waals surface area contributed by atoms with Gasteiger partial charge in [0.25, 0.3) is 0 Å². The van der Waals surface area contributed by atoms with Gasteiger partial charge >= 0.3 is 17.9 Å². The van der Waals surface area contributed by atoms with E-state index in [4.69, 9.17) is 14.2 Å². The Kier molecular flexibility index (Phi) is 65.3. The summed E-state index contributed by atoms with van der Waals surface area (Å²) < 4.78 is 16.9. The maximum absolute atomic E-state index is 12.9. The molecule has 82 heavy (non-hydrogen) atoms. The normalized spacial score (nSPS) is 13.0. The van der Waals surface area contributed by atoms with E-state index in [1.807, 2.05) is 0 Å². The predicted molar refractivity (Wildman–Crippen MR) is 357 cm³/mol. The van der Waals surface area contributed by atoms with Crippen molar-refractivity contribution in [3.8, 4) is 0 Å². The molecule has 0 aliphatic rings. The molecule has 0 aromatic rings. The van der Waals surface area contributed by atoms with E-state index in [9.17, 15) is 14.4 Å². The number of esters is 3. The number of hydrogen-bond acceptors (Lipinski definition) is 6. The van der Waals surface area contributed by atoms with Crippen molar-refractivity contribution in [1.29, 1.82) is 0 Å². The molecule has 0 heterocycles. The quantitative estimate of drug-likeness (QED) is 0.0261. The minimum Gasteiger partial charge on any atom is -0.462 e. The number of carbonyl (C=O) groups is 3. The molecule has 6 heteroatoms. The molecule has 0 saturated carbocycles. The zero-order valence-electron chi connectivity index (χ0n) is 53.5. The Morgan fingerprint density at radius 2 is 0.500 bits per heavy atom. The Labute approximate surface area is 506 Å². The van der Waals surface area contributed by atoms with Gasteiger partial charge in [-0.15, -0.1) is 0 Å². The van der Waals surface area contributed by atoms with Crippen LogP contribution in [0.5, 0.6) is 0 Å². The summed E-state index contributed by atoms with van der Waals surface area (Å²) in [6.07, 6.45) is 97.6. The van der Waals surface area contributed by atoms with Crippen molar-refractivity contribution >= 4 is 17.9 Å². The minimum absolute atomic E-state index is 0.0901. The molecule has 0 aromatic heterocycles. The molecule has 0 saturated heterocycles. The molecule has 466 valence electrons. The molecule has 0 amide bonds. The van der Waals surface area contributed by atoms with Gasteiger partial charge in [-0.3, -0.25) is 14.4 Å². The van der Waals surface area contributed by atoms with E-state index in [-0.39, 0.29) is 31.1 Å². The topological polar surface area (TPSA) is 78.9 Å². The zero-order chi connectivity index (χ0) is 59.2. The van der Waals surface area contributed by atoms with Crippen molar-refractivity contribution in [3.63, 3.8) is 0 Å². The van der Waals surface area contributed by atoms with E-state index in [1.54, 1.807) is 0 Å². The molecule has 0 fully saturated rings. The first-order valence-electron chi connectivity index (χ1n) is 34.2. The molecule has 0 aliphatic carbocycles. The summed E-state index contributed by atoms with van der Waals surface area (Å²) >= 11 is 0. The van der Waals surface area contributed by atoms with Crippen molar-refractivity contribution in [2.24, 2.45) is 0 Å². The number of rotatable bonds is 61. The van der Waals surface area contributed by atoms with Crippen LogP contribution in [-0.4, -0.2) is 37.2 Å². The van der Waals surface area contributed by atoms with Gasteiger partial charge in [-0.25, -0.2) is 0 Å². The average molecular weight is 1140 g/mol. The van der Waals surface area contributed by atoms with Gasteiger partial charge in [0.15, 0.2) is 6.10 Å². The Bertz CT molecular complexity index is 1730. The van der Waals surface area contributed by atoms with Gasteiger partial charge < -0.3 is 14.2 Å². The summed E-state index contributed by atoms with van der Waals surface area (Å²) in [4.78, 5) is 38.3. The summed E-state index contributed by atoms with van der Waals surface area (Å²) in [7, 11) is 0. The Balaban J connectivity index is 4.28. The molecule has 0 spiro atoms. The molecule has 0 aromatic carbocycles. The van der Waals surface area contributed by atoms with Gasteiger partial charge in [0.2, 0.25) is 0 Å². The molecular formula is C76H126O6. The average Bonchev–Trinajstić information content (AvgIpc) is 3.47. The van der Waals surface area contributed by atoms with Crippen LogP contribution in [0.3, 0.4) is 0 Å². The smallest absolute Gasteiger partial charge is 0.306 e. The highest BCUT2D eigenvalue weighted by Crippen LogP contribution is 2.16. The van der Waals surface area contributed by atoms with Gasteiger partial charge in [0.05, 0.1) is 0 Å². The van der Waals surface area contributed by atoms with Gasteiger partial charge in [-0.05, 0) is 135 Å². The van der Waals surface area contributed by atoms with Crippen molar-refractivity contribution in [3.05, 3.63) is 134 Å². The fraction of sp³-hybridized carbons (Fsp3) is 0.671. The Morgan fingerprint density at radius 3 is 0.805 bits per heavy atom. The molecular weight excluding hydrogens is 1010 g/mol. The molecule has 0 radical (unpaired) electrons. The van der Waals surface area contributed by atoms with Crippen LogP contribution >= 0.6 is 0 Å². The summed E-state index contributed by atoms with van der Waals surface area (Å²) in [5.41, 5.74) is 0. The Morgan fingerprint density at radius 1 is 0.256 bits per heavy atom. The molecule has 0 bridgehead atoms. The van der Waals surface area contributed by atoms with E-state index in [0.717, 1.165) is 148 Å². The highest BCUT2D eigenvalue weighted by Gasteiger charge is 2.19. The third kappa shape index (κ3) is 66.4. The maximum Gasteiger partial charge on any atom is 0.306 e. The summed E-state index contributed by atoms with van der Waals surface area (Å²) in [6.45, 7) is 6.45. The van der Waals surface area contributed by atoms with Crippen molar-refractivity contribution in [2.75, 3.05) is 13.2 Å². The van der Waals surface area contributed by atoms with Crippen LogP contribution in [0, 0.1) is 0 Å². The highest BCUT2D eigenvalue weighted by atomic mass is 16.6. The molecule has 0 rings (SSSR count). The van der Waals surface area contributed by atoms with Crippen LogP contribution in [0.15, 0.2) is 134 Å². The predicted octanol–water partition coefficient (Wildman–Crippen LogP) is 23.7. The second-order valence-corrected chi connectivity index (χ2v) is 22.3. The number of unbranched alkanes of at least 4 members (excludes halogenated alkanes) is 28. The minimum atomic E-state index is -0.794. The van der Waals surface area contributed by atoms with E-state index >= 15 is 0 Å². The van der Waals surface area contributed by atoms with Crippen LogP contribution in [-0.2, 0) is 28.6 Å². The Hall–Kier alpha value is -4.45. The fourth-order valence-electron chi connectivity index (χ4n) is 9.26. The van der Waals surface area contributed by atoms with Crippen LogP contribution in [0.4, 0.5) is 0 Å². The lowest BCUT2D eigenvalue weighted by Crippen LogP contribution is -2.30. The van der Waals surface area contributed by atoms with Gasteiger partial charge in [0.1, 0.15) is 13.2 Å². The van der Waals surface area contributed by atoms with E-state index < -0.39 is 6.10 Å². The maximum atomic E-state index is 12.9. The van der Waals surface area contributed by atoms with Crippen LogP contribution in [0.25, 0.3) is 0 Å². The first-order valence-corrected chi connectivity index (χ1v) is 34.2. The molecule has 0 N–H and O–H groups in total. The standard InChI is InChI=1S/C76H126O6/c1-4-7-10-13-16-19-22-24-26-28-30-32-34-35-36-37-38-39-40-41-43-44-46-48-50-52-54-57-60-63-66-69-75(78)81-72-73(71-80-74(77)68-65-62-59-56-21-18-15-12-9-6-3)82-76(79)70-67-64-61-58-55-53-51-49-47-45-42-33-31-29-27-25-23-20-17-14-11-8-5-2/h7,10,12,15-16,19,23-26,29-32,35-36,38-39,41,43,46,48,73H,4-6,8-9,11,13-14,17-18,20-22,27-28,33-34,37,40,42,44-45,47,49-72H2,1-3H3/b10-7-,15-12-,19-16-,25-23-,26-24-,31-29-,32-30-,36-35-,39-38-,43-41-,48-46-. The lowest BCUT2D eigenvalue weighted by atomic mass is 10.0. The third-order valence-corrected chi connectivity index (χ3v) is 14.3. The lowest BCUT2D eigenvalue weighted by molar-refractivity contribution is -0.167. The van der Waals surface area contributed by atoms with Crippen molar-refractivity contribution in [2.45, 2.75) is 316 Å². The number of allylic oxidation sites excluding steroid dienone is 22. The molecule has 1 unspecified atom stereocenters. The largest absolute Gasteiger partial charge is 0.462 e. The van der Waals surface area contributed by atoms with Crippen molar-refractivity contribution < 1.29 is 28.6 Å². The summed E-state index contributed by atoms with van der Waals surface area (Å²) in [6, 6.07) is 0. The third-order valence-electron chi connectivity index (χ3n) is 14.3. The number of ether oxygens (including phenoxy) is 3. The van der Waals surface area contributed by atoms with Crippen LogP contribution < -0.4 is 0 Å². The van der Waals surface area contributed by atoms with Crippen molar-refractivity contribution in [1.82, 2.24) is 0 Å². The molecule has 1 atom stereocenters. The number of hydrogen-bond donors (Lipinski definition) is 0. The highest BCUT2D eigenvalue weighted by molar-refractivity contribution is 5.71. The second-order valence-electron chi connectivity index (χ2n) is 22.3. The van der Waals surface area contributed by atoms with Gasteiger partial charge in [-0.1, -0.05) is 289 Å². The van der Waals surface area contributed by atoms with Gasteiger partial charge in [-0.2, -0.15) is 0 Å². The van der Waals surface area contributed by atoms with E-state index in [0.29, 0.717) is 19.3 Å². The van der Waals surface area contributed by atoms with Crippen LogP contribution in [0.2, 0.25) is 0 Å². The number of carbonyl (C=O) groups excluding carboxylic acids is 3. The van der Waals surface area contributed by atoms with E-state index in [2.05, 4.69) is 154 Å². The SMILES string of the molecule is CC/C=C\C/C=C\C/C=C\C/C=C\C/C=C\C/C=C\C/C=C\C/C=C\CCCCCCCCC(=O)OCC(COC(=O)CCCCCCC/C=C\CCC)OC(=O)CCCCCCCCCCCCC/C=C\C/C=C\CCCCCCC. The zero-order valence-corrected chi connectivity index (χ0v) is 53.5. The summed E-state index contributed by atoms with van der Waals surface area (Å²) in [5.74, 6) is -0.913. The second kappa shape index (κ2) is 69.0. The summed E-state index contributed by atoms with van der Waals surface area (Å²) in [5, 5.41) is 0. The molecule has 6 nitrogen and oxygen atoms in total. The van der Waals surface area contributed by atoms with Gasteiger partial charge in [0, 0.05) is 19.3 Å². The molecule has 0 aliphatic heterocycles. The van der Waals surface area contributed by atoms with E-state index in [1.165, 1.54) is 122 Å². The lowest BCUT2D eigenvalue weighted by Gasteiger charge is -2.18.